The molecule has 7 heteroatoms. The van der Waals surface area contributed by atoms with Gasteiger partial charge in [0.2, 0.25) is 0 Å². The van der Waals surface area contributed by atoms with Crippen LogP contribution >= 0.6 is 0 Å². The first kappa shape index (κ1) is 18.6. The van der Waals surface area contributed by atoms with Gasteiger partial charge in [0.15, 0.2) is 11.6 Å². The van der Waals surface area contributed by atoms with Crippen LogP contribution in [0.25, 0.3) is 0 Å². The summed E-state index contributed by atoms with van der Waals surface area (Å²) in [6, 6.07) is 1.28. The lowest BCUT2D eigenvalue weighted by Crippen LogP contribution is -2.49. The zero-order valence-corrected chi connectivity index (χ0v) is 14.1. The molecule has 1 fully saturated rings. The highest BCUT2D eigenvalue weighted by Crippen LogP contribution is 2.35. The van der Waals surface area contributed by atoms with Crippen LogP contribution in [0.3, 0.4) is 0 Å². The van der Waals surface area contributed by atoms with Gasteiger partial charge in [0, 0.05) is 18.7 Å². The molecule has 0 saturated heterocycles. The molecule has 0 bridgehead atoms. The molecule has 24 heavy (non-hydrogen) atoms. The van der Waals surface area contributed by atoms with Crippen molar-refractivity contribution in [2.24, 2.45) is 11.7 Å². The highest BCUT2D eigenvalue weighted by molar-refractivity contribution is 5.81. The van der Waals surface area contributed by atoms with Crippen molar-refractivity contribution in [2.45, 2.75) is 51.2 Å². The summed E-state index contributed by atoms with van der Waals surface area (Å²) in [5.74, 6) is -3.65. The van der Waals surface area contributed by atoms with Crippen LogP contribution in [0.1, 0.15) is 40.0 Å². The van der Waals surface area contributed by atoms with Crippen molar-refractivity contribution in [3.63, 3.8) is 0 Å². The number of ether oxygens (including phenoxy) is 1. The molecule has 4 nitrogen and oxygen atoms in total. The van der Waals surface area contributed by atoms with Crippen LogP contribution in [0.5, 0.6) is 0 Å². The summed E-state index contributed by atoms with van der Waals surface area (Å²) >= 11 is 0. The Labute approximate surface area is 139 Å². The molecule has 2 rings (SSSR count). The molecule has 0 spiro atoms. The van der Waals surface area contributed by atoms with Gasteiger partial charge in [0.05, 0.1) is 5.69 Å². The van der Waals surface area contributed by atoms with E-state index in [2.05, 4.69) is 5.32 Å². The molecule has 2 atom stereocenters. The van der Waals surface area contributed by atoms with Gasteiger partial charge in [-0.2, -0.15) is 0 Å². The Kier molecular flexibility index (Phi) is 5.13. The van der Waals surface area contributed by atoms with E-state index in [1.54, 1.807) is 20.8 Å². The molecule has 3 N–H and O–H groups in total. The SMILES string of the molecule is CC(C)(C)OC(=O)C1(N)CCC(CNc2cc(F)c(F)cc2F)C1. The maximum absolute atomic E-state index is 13.6. The van der Waals surface area contributed by atoms with Crippen LogP contribution in [-0.2, 0) is 9.53 Å². The van der Waals surface area contributed by atoms with Gasteiger partial charge >= 0.3 is 5.97 Å². The second-order valence-electron chi connectivity index (χ2n) is 7.39. The molecule has 134 valence electrons. The molecule has 1 aromatic carbocycles. The molecule has 0 heterocycles. The van der Waals surface area contributed by atoms with E-state index in [1.165, 1.54) is 0 Å². The van der Waals surface area contributed by atoms with Crippen molar-refractivity contribution in [2.75, 3.05) is 11.9 Å². The number of nitrogens with two attached hydrogens (primary N) is 1. The monoisotopic (exact) mass is 344 g/mol. The molecule has 1 saturated carbocycles. The minimum Gasteiger partial charge on any atom is -0.459 e. The Morgan fingerprint density at radius 3 is 2.54 bits per heavy atom. The summed E-state index contributed by atoms with van der Waals surface area (Å²) in [7, 11) is 0. The number of carbonyl (C=O) groups is 1. The molecular weight excluding hydrogens is 321 g/mol. The number of rotatable bonds is 4. The van der Waals surface area contributed by atoms with Crippen molar-refractivity contribution in [3.8, 4) is 0 Å². The van der Waals surface area contributed by atoms with Crippen molar-refractivity contribution in [1.82, 2.24) is 0 Å². The molecule has 1 aromatic rings. The Balaban J connectivity index is 1.95. The quantitative estimate of drug-likeness (QED) is 0.649. The third kappa shape index (κ3) is 4.41. The zero-order valence-electron chi connectivity index (χ0n) is 14.1. The van der Waals surface area contributed by atoms with Crippen molar-refractivity contribution >= 4 is 11.7 Å². The van der Waals surface area contributed by atoms with Gasteiger partial charge in [0.25, 0.3) is 0 Å². The molecule has 0 radical (unpaired) electrons. The first-order valence-electron chi connectivity index (χ1n) is 7.91. The zero-order chi connectivity index (χ0) is 18.1. The molecule has 1 aliphatic rings. The maximum Gasteiger partial charge on any atom is 0.326 e. The predicted octanol–water partition coefficient (Wildman–Crippen LogP) is 3.36. The van der Waals surface area contributed by atoms with Crippen LogP contribution in [0.15, 0.2) is 12.1 Å². The van der Waals surface area contributed by atoms with Crippen LogP contribution < -0.4 is 11.1 Å². The van der Waals surface area contributed by atoms with E-state index < -0.39 is 34.6 Å². The fourth-order valence-electron chi connectivity index (χ4n) is 2.83. The lowest BCUT2D eigenvalue weighted by atomic mass is 9.97. The summed E-state index contributed by atoms with van der Waals surface area (Å²) in [5, 5.41) is 2.76. The van der Waals surface area contributed by atoms with Gasteiger partial charge in [-0.15, -0.1) is 0 Å². The largest absolute Gasteiger partial charge is 0.459 e. The molecule has 2 unspecified atom stereocenters. The van der Waals surface area contributed by atoms with Crippen molar-refractivity contribution in [1.29, 1.82) is 0 Å². The summed E-state index contributed by atoms with van der Waals surface area (Å²) in [4.78, 5) is 12.2. The Morgan fingerprint density at radius 2 is 1.92 bits per heavy atom. The van der Waals surface area contributed by atoms with Crippen LogP contribution in [-0.4, -0.2) is 23.7 Å². The molecule has 0 aromatic heterocycles. The number of nitrogens with one attached hydrogen (secondary N) is 1. The van der Waals surface area contributed by atoms with E-state index in [1.807, 2.05) is 0 Å². The van der Waals surface area contributed by atoms with E-state index in [0.717, 1.165) is 6.07 Å². The second-order valence-corrected chi connectivity index (χ2v) is 7.39. The number of hydrogen-bond donors (Lipinski definition) is 2. The normalized spacial score (nSPS) is 24.0. The first-order chi connectivity index (χ1) is 11.0. The average Bonchev–Trinajstić information content (AvgIpc) is 2.83. The maximum atomic E-state index is 13.6. The Hall–Kier alpha value is -1.76. The van der Waals surface area contributed by atoms with Gasteiger partial charge in [-0.3, -0.25) is 4.79 Å². The number of halogens is 3. The van der Waals surface area contributed by atoms with E-state index in [-0.39, 0.29) is 11.6 Å². The Bertz CT molecular complexity index is 631. The van der Waals surface area contributed by atoms with Crippen molar-refractivity contribution < 1.29 is 22.7 Å². The van der Waals surface area contributed by atoms with Gasteiger partial charge in [0.1, 0.15) is 17.0 Å². The lowest BCUT2D eigenvalue weighted by Gasteiger charge is -2.28. The van der Waals surface area contributed by atoms with E-state index in [0.29, 0.717) is 31.9 Å². The highest BCUT2D eigenvalue weighted by Gasteiger charge is 2.44. The number of benzene rings is 1. The number of hydrogen-bond acceptors (Lipinski definition) is 4. The predicted molar refractivity (Wildman–Crippen MR) is 84.9 cm³/mol. The topological polar surface area (TPSA) is 64.3 Å². The standard InChI is InChI=1S/C17H23F3N2O2/c1-16(2,3)24-15(23)17(21)5-4-10(8-17)9-22-14-7-12(19)11(18)6-13(14)20/h6-7,10,22H,4-5,8-9,21H2,1-3H3. The third-order valence-corrected chi connectivity index (χ3v) is 4.05. The van der Waals surface area contributed by atoms with E-state index >= 15 is 0 Å². The first-order valence-corrected chi connectivity index (χ1v) is 7.91. The Morgan fingerprint density at radius 1 is 1.29 bits per heavy atom. The average molecular weight is 344 g/mol. The minimum atomic E-state index is -1.23. The van der Waals surface area contributed by atoms with Crippen LogP contribution in [0, 0.1) is 23.4 Å². The van der Waals surface area contributed by atoms with E-state index in [9.17, 15) is 18.0 Å². The van der Waals surface area contributed by atoms with Gasteiger partial charge in [-0.25, -0.2) is 13.2 Å². The molecular formula is C17H23F3N2O2. The minimum absolute atomic E-state index is 0.00929. The van der Waals surface area contributed by atoms with Crippen LogP contribution in [0.4, 0.5) is 18.9 Å². The van der Waals surface area contributed by atoms with Crippen LogP contribution in [0.2, 0.25) is 0 Å². The molecule has 1 aliphatic carbocycles. The third-order valence-electron chi connectivity index (χ3n) is 4.05. The lowest BCUT2D eigenvalue weighted by molar-refractivity contribution is -0.161. The summed E-state index contributed by atoms with van der Waals surface area (Å²) in [6.45, 7) is 5.63. The summed E-state index contributed by atoms with van der Waals surface area (Å²) < 4.78 is 45.0. The highest BCUT2D eigenvalue weighted by atomic mass is 19.2. The molecule has 0 amide bonds. The second kappa shape index (κ2) is 6.63. The van der Waals surface area contributed by atoms with E-state index in [4.69, 9.17) is 10.5 Å². The fourth-order valence-corrected chi connectivity index (χ4v) is 2.83. The van der Waals surface area contributed by atoms with Crippen molar-refractivity contribution in [3.05, 3.63) is 29.6 Å². The summed E-state index contributed by atoms with van der Waals surface area (Å²) in [5.41, 5.74) is 4.37. The van der Waals surface area contributed by atoms with Gasteiger partial charge < -0.3 is 15.8 Å². The number of carbonyl (C=O) groups excluding carboxylic acids is 1. The fraction of sp³-hybridized carbons (Fsp3) is 0.588. The van der Waals surface area contributed by atoms with Gasteiger partial charge in [-0.1, -0.05) is 0 Å². The van der Waals surface area contributed by atoms with Gasteiger partial charge in [-0.05, 0) is 46.0 Å². The number of anilines is 1. The smallest absolute Gasteiger partial charge is 0.326 e. The summed E-state index contributed by atoms with van der Waals surface area (Å²) in [6.07, 6.45) is 1.52. The molecule has 0 aliphatic heterocycles. The number of esters is 1.